The summed E-state index contributed by atoms with van der Waals surface area (Å²) in [5.41, 5.74) is -2.44. The van der Waals surface area contributed by atoms with Gasteiger partial charge in [-0.1, -0.05) is 0 Å². The molecular formula is C7H7FN2O5. The van der Waals surface area contributed by atoms with E-state index in [1.54, 1.807) is 4.98 Å². The molecule has 0 aliphatic carbocycles. The molecule has 0 spiro atoms. The zero-order valence-corrected chi connectivity index (χ0v) is 7.61. The van der Waals surface area contributed by atoms with Gasteiger partial charge in [0.1, 0.15) is 6.54 Å². The fraction of sp³-hybridized carbons (Fsp3) is 0.286. The third-order valence-electron chi connectivity index (χ3n) is 1.63. The van der Waals surface area contributed by atoms with Crippen molar-refractivity contribution in [3.63, 3.8) is 0 Å². The normalized spacial score (nSPS) is 10.0. The van der Waals surface area contributed by atoms with E-state index in [2.05, 4.69) is 4.74 Å². The number of methoxy groups -OCH3 is 1. The maximum Gasteiger partial charge on any atom is 0.331 e. The van der Waals surface area contributed by atoms with E-state index in [0.717, 1.165) is 7.11 Å². The van der Waals surface area contributed by atoms with Gasteiger partial charge in [0.05, 0.1) is 7.11 Å². The molecule has 0 aliphatic rings. The Labute approximate surface area is 81.7 Å². The van der Waals surface area contributed by atoms with Crippen molar-refractivity contribution in [2.75, 3.05) is 7.11 Å². The molecular weight excluding hydrogens is 211 g/mol. The van der Waals surface area contributed by atoms with Gasteiger partial charge in [0.2, 0.25) is 11.7 Å². The molecule has 1 aromatic heterocycles. The highest BCUT2D eigenvalue weighted by Crippen LogP contribution is 2.06. The van der Waals surface area contributed by atoms with Crippen LogP contribution in [-0.4, -0.2) is 27.7 Å². The number of hydrogen-bond acceptors (Lipinski definition) is 5. The second kappa shape index (κ2) is 3.95. The fourth-order valence-corrected chi connectivity index (χ4v) is 0.876. The first-order valence-electron chi connectivity index (χ1n) is 3.75. The number of carbonyl (C=O) groups is 1. The number of carbonyl (C=O) groups excluding carboxylic acids is 1. The van der Waals surface area contributed by atoms with Crippen molar-refractivity contribution in [1.29, 1.82) is 0 Å². The third-order valence-corrected chi connectivity index (χ3v) is 1.63. The van der Waals surface area contributed by atoms with Gasteiger partial charge in [0.15, 0.2) is 0 Å². The molecule has 7 nitrogen and oxygen atoms in total. The van der Waals surface area contributed by atoms with Gasteiger partial charge in [0.25, 0.3) is 5.56 Å². The van der Waals surface area contributed by atoms with Crippen LogP contribution in [0.1, 0.15) is 0 Å². The van der Waals surface area contributed by atoms with Crippen molar-refractivity contribution in [3.8, 4) is 5.88 Å². The summed E-state index contributed by atoms with van der Waals surface area (Å²) in [6, 6.07) is 0. The molecule has 0 amide bonds. The molecule has 1 rings (SSSR count). The van der Waals surface area contributed by atoms with Gasteiger partial charge in [-0.05, 0) is 0 Å². The van der Waals surface area contributed by atoms with Crippen molar-refractivity contribution in [2.24, 2.45) is 0 Å². The van der Waals surface area contributed by atoms with Gasteiger partial charge < -0.3 is 9.84 Å². The van der Waals surface area contributed by atoms with E-state index in [1.807, 2.05) is 0 Å². The first kappa shape index (κ1) is 11.0. The Hall–Kier alpha value is -2.12. The smallest absolute Gasteiger partial charge is 0.331 e. The van der Waals surface area contributed by atoms with Crippen LogP contribution in [0.5, 0.6) is 5.88 Å². The van der Waals surface area contributed by atoms with E-state index in [4.69, 9.17) is 5.11 Å². The van der Waals surface area contributed by atoms with Crippen molar-refractivity contribution in [2.45, 2.75) is 6.54 Å². The Morgan fingerprint density at radius 1 is 1.60 bits per heavy atom. The first-order valence-corrected chi connectivity index (χ1v) is 3.75. The van der Waals surface area contributed by atoms with Gasteiger partial charge in [-0.2, -0.15) is 4.39 Å². The Kier molecular flexibility index (Phi) is 2.88. The molecule has 0 saturated heterocycles. The van der Waals surface area contributed by atoms with Gasteiger partial charge >= 0.3 is 11.7 Å². The van der Waals surface area contributed by atoms with Crippen molar-refractivity contribution in [1.82, 2.24) is 9.55 Å². The fourth-order valence-electron chi connectivity index (χ4n) is 0.876. The summed E-state index contributed by atoms with van der Waals surface area (Å²) in [5.74, 6) is -3.59. The Morgan fingerprint density at radius 2 is 2.20 bits per heavy atom. The molecule has 0 atom stereocenters. The number of hydrogen-bond donors (Lipinski definition) is 2. The van der Waals surface area contributed by atoms with Crippen molar-refractivity contribution >= 4 is 5.97 Å². The van der Waals surface area contributed by atoms with Crippen LogP contribution in [0, 0.1) is 5.82 Å². The van der Waals surface area contributed by atoms with E-state index in [-0.39, 0.29) is 0 Å². The molecule has 0 fully saturated rings. The predicted octanol–water partition coefficient (Wildman–Crippen LogP) is -1.45. The highest BCUT2D eigenvalue weighted by atomic mass is 19.1. The maximum atomic E-state index is 12.8. The Morgan fingerprint density at radius 3 is 2.73 bits per heavy atom. The number of halogens is 1. The van der Waals surface area contributed by atoms with E-state index in [9.17, 15) is 18.8 Å². The largest absolute Gasteiger partial charge is 0.492 e. The zero-order valence-electron chi connectivity index (χ0n) is 7.61. The van der Waals surface area contributed by atoms with Crippen molar-refractivity contribution in [3.05, 3.63) is 26.7 Å². The van der Waals surface area contributed by atoms with Crippen LogP contribution in [0.25, 0.3) is 0 Å². The maximum absolute atomic E-state index is 12.8. The average molecular weight is 218 g/mol. The summed E-state index contributed by atoms with van der Waals surface area (Å²) in [5, 5.41) is 9.06. The van der Waals surface area contributed by atoms with Crippen LogP contribution in [0.15, 0.2) is 9.59 Å². The molecule has 0 bridgehead atoms. The number of aromatic amines is 1. The molecule has 15 heavy (non-hydrogen) atoms. The second-order valence-corrected chi connectivity index (χ2v) is 2.56. The van der Waals surface area contributed by atoms with Crippen LogP contribution in [0.3, 0.4) is 0 Å². The van der Waals surface area contributed by atoms with Gasteiger partial charge in [-0.15, -0.1) is 0 Å². The third kappa shape index (κ3) is 2.03. The van der Waals surface area contributed by atoms with Crippen LogP contribution in [0.2, 0.25) is 0 Å². The molecule has 0 unspecified atom stereocenters. The minimum atomic E-state index is -1.53. The van der Waals surface area contributed by atoms with E-state index in [0.29, 0.717) is 4.57 Å². The highest BCUT2D eigenvalue weighted by Gasteiger charge is 2.15. The second-order valence-electron chi connectivity index (χ2n) is 2.56. The minimum absolute atomic E-state index is 0.350. The van der Waals surface area contributed by atoms with Crippen LogP contribution in [-0.2, 0) is 16.1 Å². The number of esters is 1. The highest BCUT2D eigenvalue weighted by molar-refractivity contribution is 5.69. The number of rotatable bonds is 2. The quantitative estimate of drug-likeness (QED) is 0.591. The molecule has 1 heterocycles. The number of ether oxygens (including phenoxy) is 1. The van der Waals surface area contributed by atoms with E-state index in [1.165, 1.54) is 0 Å². The summed E-state index contributed by atoms with van der Waals surface area (Å²) in [4.78, 5) is 34.0. The van der Waals surface area contributed by atoms with Gasteiger partial charge in [0, 0.05) is 0 Å². The summed E-state index contributed by atoms with van der Waals surface area (Å²) in [6.45, 7) is -0.686. The molecule has 1 aromatic rings. The molecule has 0 saturated carbocycles. The summed E-state index contributed by atoms with van der Waals surface area (Å²) < 4.78 is 17.4. The lowest BCUT2D eigenvalue weighted by molar-refractivity contribution is -0.141. The Bertz CT molecular complexity index is 503. The monoisotopic (exact) mass is 218 g/mol. The molecule has 8 heteroatoms. The topological polar surface area (TPSA) is 101 Å². The minimum Gasteiger partial charge on any atom is -0.492 e. The van der Waals surface area contributed by atoms with Crippen LogP contribution < -0.4 is 11.2 Å². The Balaban J connectivity index is 3.31. The SMILES string of the molecule is COC(=O)Cn1c(O)c(F)c(=O)[nH]c1=O. The number of aromatic nitrogens is 2. The zero-order chi connectivity index (χ0) is 11.6. The lowest BCUT2D eigenvalue weighted by atomic mass is 10.5. The predicted molar refractivity (Wildman–Crippen MR) is 45.0 cm³/mol. The number of nitrogens with one attached hydrogen (secondary N) is 1. The van der Waals surface area contributed by atoms with Crippen molar-refractivity contribution < 1.29 is 19.0 Å². The van der Waals surface area contributed by atoms with Gasteiger partial charge in [-0.25, -0.2) is 4.79 Å². The van der Waals surface area contributed by atoms with E-state index >= 15 is 0 Å². The number of aromatic hydroxyl groups is 1. The molecule has 0 aromatic carbocycles. The van der Waals surface area contributed by atoms with Crippen LogP contribution in [0.4, 0.5) is 4.39 Å². The number of nitrogens with zero attached hydrogens (tertiary/aromatic N) is 1. The van der Waals surface area contributed by atoms with E-state index < -0.39 is 35.5 Å². The lowest BCUT2D eigenvalue weighted by Crippen LogP contribution is -2.33. The van der Waals surface area contributed by atoms with Crippen LogP contribution >= 0.6 is 0 Å². The molecule has 0 radical (unpaired) electrons. The first-order chi connectivity index (χ1) is 6.97. The number of H-pyrrole nitrogens is 1. The summed E-state index contributed by atoms with van der Waals surface area (Å²) in [7, 11) is 1.06. The summed E-state index contributed by atoms with van der Waals surface area (Å²) in [6.07, 6.45) is 0. The molecule has 2 N–H and O–H groups in total. The lowest BCUT2D eigenvalue weighted by Gasteiger charge is -2.05. The molecule has 82 valence electrons. The standard InChI is InChI=1S/C7H7FN2O5/c1-15-3(11)2-10-6(13)4(8)5(12)9-7(10)14/h13H,2H2,1H3,(H,9,12,14). The average Bonchev–Trinajstić information content (AvgIpc) is 2.21. The molecule has 0 aliphatic heterocycles. The summed E-state index contributed by atoms with van der Waals surface area (Å²) >= 11 is 0. The van der Waals surface area contributed by atoms with Gasteiger partial charge in [-0.3, -0.25) is 19.1 Å².